The predicted octanol–water partition coefficient (Wildman–Crippen LogP) is 13.1. The first kappa shape index (κ1) is 49.0. The molecule has 1 aliphatic carbocycles. The van der Waals surface area contributed by atoms with Gasteiger partial charge in [-0.25, -0.2) is 14.8 Å². The Kier molecular flexibility index (Phi) is 16.3. The summed E-state index contributed by atoms with van der Waals surface area (Å²) in [5, 5.41) is 22.4. The highest BCUT2D eigenvalue weighted by Crippen LogP contribution is 2.49. The van der Waals surface area contributed by atoms with E-state index in [2.05, 4.69) is 64.7 Å². The highest BCUT2D eigenvalue weighted by Gasteiger charge is 2.39. The molecule has 0 fully saturated rings. The van der Waals surface area contributed by atoms with Crippen LogP contribution < -0.4 is 0 Å². The highest BCUT2D eigenvalue weighted by molar-refractivity contribution is 6.30. The Bertz CT molecular complexity index is 2510. The molecule has 6 rings (SSSR count). The number of hydrogen-bond acceptors (Lipinski definition) is 8. The summed E-state index contributed by atoms with van der Waals surface area (Å²) in [6.07, 6.45) is 17.3. The lowest BCUT2D eigenvalue weighted by Gasteiger charge is -2.18. The first-order valence-corrected chi connectivity index (χ1v) is 23.8. The maximum absolute atomic E-state index is 13.6. The molecule has 10 nitrogen and oxygen atoms in total. The van der Waals surface area contributed by atoms with E-state index in [-0.39, 0.29) is 48.8 Å². The van der Waals surface area contributed by atoms with E-state index in [1.807, 2.05) is 38.1 Å². The number of aryl methyl sites for hydroxylation is 1. The van der Waals surface area contributed by atoms with Crippen LogP contribution in [0.2, 0.25) is 0 Å². The van der Waals surface area contributed by atoms with Gasteiger partial charge >= 0.3 is 11.9 Å². The molecule has 8 bridgehead atoms. The van der Waals surface area contributed by atoms with Gasteiger partial charge in [0.2, 0.25) is 0 Å². The van der Waals surface area contributed by atoms with Crippen LogP contribution in [-0.2, 0) is 19.1 Å². The third-order valence-corrected chi connectivity index (χ3v) is 14.0. The zero-order valence-corrected chi connectivity index (χ0v) is 40.4. The van der Waals surface area contributed by atoms with Crippen LogP contribution in [0.15, 0.2) is 55.2 Å². The van der Waals surface area contributed by atoms with Gasteiger partial charge in [0.25, 0.3) is 0 Å². The molecule has 65 heavy (non-hydrogen) atoms. The lowest BCUT2D eigenvalue weighted by atomic mass is 9.85. The standard InChI is InChI=1S/C55H72N4O6/c1-12-38-35(8)42-27-43-36(9)40(23-24-48(61)65-26-25-34(7)22-16-21-33(6)20-15-19-32(5)18-14-17-31(3)4)52(58-43)50-51(55(63)64-11)54(62)49-37(10)44(59-53(49)50)28-46-39(13-2)41(30-60)47(57-46)29-45(38)56-42/h12-13,25,27-29,31-33,36,40,58-60,62H,1-2,14-24,26,30H2,3-11H3/b34-25+,43-27?,45-29?,46-28?,52-50?/t32-,33-,36+,40+/m1/s1. The number of aliphatic hydroxyl groups excluding tert-OH is 2. The van der Waals surface area contributed by atoms with E-state index < -0.39 is 5.97 Å². The lowest BCUT2D eigenvalue weighted by Crippen LogP contribution is -2.12. The number of nitrogens with zero attached hydrogens (tertiary/aromatic N) is 2. The monoisotopic (exact) mass is 885 g/mol. The molecule has 0 saturated carbocycles. The molecule has 2 aromatic rings. The van der Waals surface area contributed by atoms with Crippen molar-refractivity contribution in [2.24, 2.45) is 17.8 Å². The summed E-state index contributed by atoms with van der Waals surface area (Å²) in [7, 11) is 1.30. The third kappa shape index (κ3) is 10.8. The maximum atomic E-state index is 13.6. The number of carbonyl (C=O) groups excluding carboxylic acids is 2. The number of allylic oxidation sites excluding steroid dienone is 6. The summed E-state index contributed by atoms with van der Waals surface area (Å²) >= 11 is 0. The maximum Gasteiger partial charge on any atom is 0.342 e. The Hall–Kier alpha value is -5.48. The summed E-state index contributed by atoms with van der Waals surface area (Å²) in [4.78, 5) is 44.2. The second-order valence-electron chi connectivity index (χ2n) is 19.2. The second-order valence-corrected chi connectivity index (χ2v) is 19.2. The van der Waals surface area contributed by atoms with Gasteiger partial charge in [0.1, 0.15) is 17.9 Å². The van der Waals surface area contributed by atoms with Crippen molar-refractivity contribution in [1.29, 1.82) is 0 Å². The number of H-pyrrole nitrogens is 2. The molecule has 348 valence electrons. The number of rotatable bonds is 21. The van der Waals surface area contributed by atoms with E-state index in [4.69, 9.17) is 19.4 Å². The van der Waals surface area contributed by atoms with E-state index in [1.165, 1.54) is 57.6 Å². The molecule has 0 unspecified atom stereocenters. The van der Waals surface area contributed by atoms with Crippen LogP contribution in [0.5, 0.6) is 0 Å². The number of aromatic amines is 2. The summed E-state index contributed by atoms with van der Waals surface area (Å²) in [5.74, 6) is 0.713. The van der Waals surface area contributed by atoms with Crippen LogP contribution in [0.25, 0.3) is 44.7 Å². The van der Waals surface area contributed by atoms with Crippen LogP contribution in [0.3, 0.4) is 0 Å². The molecule has 0 spiro atoms. The van der Waals surface area contributed by atoms with Crippen LogP contribution >= 0.6 is 0 Å². The van der Waals surface area contributed by atoms with Crippen molar-refractivity contribution in [1.82, 2.24) is 19.9 Å². The van der Waals surface area contributed by atoms with Gasteiger partial charge in [-0.1, -0.05) is 110 Å². The molecule has 3 aliphatic heterocycles. The molecule has 4 atom stereocenters. The Morgan fingerprint density at radius 2 is 1.49 bits per heavy atom. The number of methoxy groups -OCH3 is 1. The van der Waals surface area contributed by atoms with E-state index in [9.17, 15) is 19.8 Å². The van der Waals surface area contributed by atoms with Gasteiger partial charge in [-0.3, -0.25) is 4.79 Å². The fourth-order valence-corrected chi connectivity index (χ4v) is 9.95. The van der Waals surface area contributed by atoms with Crippen molar-refractivity contribution >= 4 is 56.6 Å². The number of carbonyl (C=O) groups is 2. The van der Waals surface area contributed by atoms with Gasteiger partial charge in [0.05, 0.1) is 42.0 Å². The van der Waals surface area contributed by atoms with Gasteiger partial charge < -0.3 is 29.7 Å². The lowest BCUT2D eigenvalue weighted by molar-refractivity contribution is -0.142. The van der Waals surface area contributed by atoms with Crippen molar-refractivity contribution in [2.75, 3.05) is 20.3 Å². The van der Waals surface area contributed by atoms with Gasteiger partial charge in [-0.15, -0.1) is 0 Å². The SMILES string of the molecule is C=CC1=C(C)c2cc3[nH]c(c4c5[nH]c(cc6nc(cc1n2)C(CO)=C6C=C)c(C)c5C(O)=C4C(=O)OC)[C@@H](CCC(=O)OC/C=C(\C)CCC[C@H](C)CCC[C@H](C)CCCC(C)C)[C@@H]3C. The molecular weight excluding hydrogens is 813 g/mol. The zero-order chi connectivity index (χ0) is 47.1. The second kappa shape index (κ2) is 21.7. The average Bonchev–Trinajstić information content (AvgIpc) is 4.02. The smallest absolute Gasteiger partial charge is 0.342 e. The van der Waals surface area contributed by atoms with Gasteiger partial charge in [0, 0.05) is 63.0 Å². The quantitative estimate of drug-likeness (QED) is 0.0715. The minimum absolute atomic E-state index is 0.0432. The minimum Gasteiger partial charge on any atom is -0.506 e. The van der Waals surface area contributed by atoms with Crippen molar-refractivity contribution in [3.63, 3.8) is 0 Å². The average molecular weight is 885 g/mol. The third-order valence-electron chi connectivity index (χ3n) is 14.0. The fourth-order valence-electron chi connectivity index (χ4n) is 9.95. The molecule has 0 amide bonds. The zero-order valence-electron chi connectivity index (χ0n) is 40.4. The Labute approximate surface area is 386 Å². The molecule has 2 aromatic heterocycles. The topological polar surface area (TPSA) is 150 Å². The summed E-state index contributed by atoms with van der Waals surface area (Å²) in [6, 6.07) is 5.73. The molecule has 0 aromatic carbocycles. The van der Waals surface area contributed by atoms with E-state index in [0.29, 0.717) is 74.0 Å². The number of aromatic nitrogens is 4. The molecular formula is C55H72N4O6. The largest absolute Gasteiger partial charge is 0.506 e. The normalized spacial score (nSPS) is 17.5. The highest BCUT2D eigenvalue weighted by atomic mass is 16.5. The minimum atomic E-state index is -0.679. The first-order chi connectivity index (χ1) is 31.1. The first-order valence-electron chi connectivity index (χ1n) is 23.8. The van der Waals surface area contributed by atoms with E-state index >= 15 is 0 Å². The number of esters is 2. The summed E-state index contributed by atoms with van der Waals surface area (Å²) in [5.41, 5.74) is 11.2. The number of nitrogens with one attached hydrogen (secondary N) is 2. The van der Waals surface area contributed by atoms with Crippen molar-refractivity contribution in [2.45, 2.75) is 138 Å². The van der Waals surface area contributed by atoms with Gasteiger partial charge in [-0.05, 0) is 93.2 Å². The van der Waals surface area contributed by atoms with Crippen LogP contribution in [0.1, 0.15) is 182 Å². The van der Waals surface area contributed by atoms with Gasteiger partial charge in [-0.2, -0.15) is 0 Å². The predicted molar refractivity (Wildman–Crippen MR) is 265 cm³/mol. The van der Waals surface area contributed by atoms with Crippen LogP contribution in [-0.4, -0.2) is 62.4 Å². The molecule has 5 heterocycles. The number of hydrogen-bond donors (Lipinski definition) is 4. The molecule has 0 radical (unpaired) electrons. The molecule has 0 saturated heterocycles. The fraction of sp³-hybridized carbons (Fsp3) is 0.491. The van der Waals surface area contributed by atoms with Crippen molar-refractivity contribution < 1.29 is 29.3 Å². The van der Waals surface area contributed by atoms with Gasteiger partial charge in [0.15, 0.2) is 0 Å². The van der Waals surface area contributed by atoms with E-state index in [1.54, 1.807) is 12.2 Å². The molecule has 4 aliphatic rings. The molecule has 4 N–H and O–H groups in total. The Morgan fingerprint density at radius 3 is 2.14 bits per heavy atom. The van der Waals surface area contributed by atoms with Crippen molar-refractivity contribution in [3.8, 4) is 0 Å². The molecule has 10 heteroatoms. The number of fused-ring (bicyclic) bond motifs is 8. The Morgan fingerprint density at radius 1 is 0.846 bits per heavy atom. The van der Waals surface area contributed by atoms with E-state index in [0.717, 1.165) is 47.2 Å². The van der Waals surface area contributed by atoms with Crippen molar-refractivity contribution in [3.05, 3.63) is 106 Å². The van der Waals surface area contributed by atoms with Crippen LogP contribution in [0, 0.1) is 24.7 Å². The number of aliphatic hydroxyl groups is 2. The number of ether oxygens (including phenoxy) is 2. The summed E-state index contributed by atoms with van der Waals surface area (Å²) in [6.45, 7) is 25.5. The summed E-state index contributed by atoms with van der Waals surface area (Å²) < 4.78 is 11.1. The van der Waals surface area contributed by atoms with Crippen LogP contribution in [0.4, 0.5) is 0 Å². The Balaban J connectivity index is 1.25.